The highest BCUT2D eigenvalue weighted by Gasteiger charge is 2.30. The number of aromatic nitrogens is 4. The van der Waals surface area contributed by atoms with Gasteiger partial charge in [0.25, 0.3) is 5.91 Å². The summed E-state index contributed by atoms with van der Waals surface area (Å²) in [5.74, 6) is 0.479. The van der Waals surface area contributed by atoms with E-state index in [0.29, 0.717) is 24.5 Å². The van der Waals surface area contributed by atoms with Crippen molar-refractivity contribution >= 4 is 5.91 Å². The normalized spacial score (nSPS) is 13.5. The zero-order chi connectivity index (χ0) is 17.9. The van der Waals surface area contributed by atoms with Gasteiger partial charge in [0.2, 0.25) is 0 Å². The van der Waals surface area contributed by atoms with Crippen molar-refractivity contribution in [3.05, 3.63) is 70.9 Å². The number of rotatable bonds is 6. The fourth-order valence-corrected chi connectivity index (χ4v) is 2.89. The molecule has 0 unspecified atom stereocenters. The molecule has 0 bridgehead atoms. The second-order valence-electron chi connectivity index (χ2n) is 6.29. The highest BCUT2D eigenvalue weighted by Crippen LogP contribution is 2.36. The molecule has 0 aliphatic heterocycles. The molecule has 2 heterocycles. The molecule has 1 amide bonds. The van der Waals surface area contributed by atoms with E-state index < -0.39 is 0 Å². The molecule has 1 aliphatic carbocycles. The number of hydrogen-bond donors (Lipinski definition) is 1. The lowest BCUT2D eigenvalue weighted by Crippen LogP contribution is -2.32. The Bertz CT molecular complexity index is 959. The molecule has 0 atom stereocenters. The molecule has 1 N–H and O–H groups in total. The minimum atomic E-state index is -0.159. The molecule has 1 aromatic carbocycles. The number of carbonyl (C=O) groups excluding carboxylic acids is 1. The Hall–Kier alpha value is -3.22. The van der Waals surface area contributed by atoms with Crippen LogP contribution in [0.4, 0.5) is 0 Å². The lowest BCUT2D eigenvalue weighted by molar-refractivity contribution is 0.0952. The first-order valence-electron chi connectivity index (χ1n) is 8.67. The molecule has 7 heteroatoms. The molecule has 1 fully saturated rings. The first kappa shape index (κ1) is 16.3. The summed E-state index contributed by atoms with van der Waals surface area (Å²) in [7, 11) is 0. The van der Waals surface area contributed by atoms with Crippen LogP contribution in [-0.2, 0) is 6.54 Å². The van der Waals surface area contributed by atoms with E-state index in [1.165, 1.54) is 4.68 Å². The standard InChI is InChI=1S/C19H19N5O2/c25-18(14-5-2-1-3-6-14)21-11-12-23-19(26)24(16-8-9-16)17(22-23)15-7-4-10-20-13-15/h1-7,10,13,16H,8-9,11-12H2,(H,21,25). The number of amides is 1. The van der Waals surface area contributed by atoms with Crippen LogP contribution in [0, 0.1) is 0 Å². The van der Waals surface area contributed by atoms with E-state index in [0.717, 1.165) is 18.4 Å². The summed E-state index contributed by atoms with van der Waals surface area (Å²) in [4.78, 5) is 28.9. The third-order valence-corrected chi connectivity index (χ3v) is 4.35. The van der Waals surface area contributed by atoms with Crippen LogP contribution in [0.1, 0.15) is 29.2 Å². The van der Waals surface area contributed by atoms with Crippen LogP contribution in [0.3, 0.4) is 0 Å². The highest BCUT2D eigenvalue weighted by atomic mass is 16.2. The smallest absolute Gasteiger partial charge is 0.346 e. The molecule has 3 aromatic rings. The fraction of sp³-hybridized carbons (Fsp3) is 0.263. The first-order valence-corrected chi connectivity index (χ1v) is 8.67. The SMILES string of the molecule is O=C(NCCn1nc(-c2cccnc2)n(C2CC2)c1=O)c1ccccc1. The number of benzene rings is 1. The Morgan fingerprint density at radius 3 is 2.65 bits per heavy atom. The van der Waals surface area contributed by atoms with Crippen molar-refractivity contribution in [1.29, 1.82) is 0 Å². The number of hydrogen-bond acceptors (Lipinski definition) is 4. The van der Waals surface area contributed by atoms with Gasteiger partial charge < -0.3 is 5.32 Å². The minimum Gasteiger partial charge on any atom is -0.350 e. The summed E-state index contributed by atoms with van der Waals surface area (Å²) in [6.45, 7) is 0.659. The van der Waals surface area contributed by atoms with Gasteiger partial charge in [0, 0.05) is 36.1 Å². The average Bonchev–Trinajstić information content (AvgIpc) is 3.47. The summed E-state index contributed by atoms with van der Waals surface area (Å²) in [6, 6.07) is 12.9. The maximum Gasteiger partial charge on any atom is 0.346 e. The third kappa shape index (κ3) is 3.28. The molecule has 2 aromatic heterocycles. The Balaban J connectivity index is 1.51. The predicted molar refractivity (Wildman–Crippen MR) is 96.8 cm³/mol. The van der Waals surface area contributed by atoms with Crippen molar-refractivity contribution in [2.24, 2.45) is 0 Å². The molecule has 132 valence electrons. The van der Waals surface area contributed by atoms with E-state index in [-0.39, 0.29) is 17.6 Å². The van der Waals surface area contributed by atoms with E-state index in [2.05, 4.69) is 15.4 Å². The molecule has 7 nitrogen and oxygen atoms in total. The summed E-state index contributed by atoms with van der Waals surface area (Å²) in [6.07, 6.45) is 5.38. The van der Waals surface area contributed by atoms with Gasteiger partial charge in [-0.05, 0) is 37.1 Å². The van der Waals surface area contributed by atoms with Gasteiger partial charge in [-0.3, -0.25) is 14.3 Å². The van der Waals surface area contributed by atoms with Gasteiger partial charge in [-0.2, -0.15) is 0 Å². The summed E-state index contributed by atoms with van der Waals surface area (Å²) < 4.78 is 3.17. The van der Waals surface area contributed by atoms with Gasteiger partial charge in [-0.15, -0.1) is 5.10 Å². The zero-order valence-electron chi connectivity index (χ0n) is 14.2. The number of carbonyl (C=O) groups is 1. The van der Waals surface area contributed by atoms with E-state index >= 15 is 0 Å². The predicted octanol–water partition coefficient (Wildman–Crippen LogP) is 1.87. The summed E-state index contributed by atoms with van der Waals surface area (Å²) >= 11 is 0. The van der Waals surface area contributed by atoms with Gasteiger partial charge in [-0.25, -0.2) is 9.48 Å². The van der Waals surface area contributed by atoms with Crippen molar-refractivity contribution in [2.45, 2.75) is 25.4 Å². The zero-order valence-corrected chi connectivity index (χ0v) is 14.2. The average molecular weight is 349 g/mol. The van der Waals surface area contributed by atoms with Crippen molar-refractivity contribution < 1.29 is 4.79 Å². The van der Waals surface area contributed by atoms with E-state index in [9.17, 15) is 9.59 Å². The van der Waals surface area contributed by atoms with Gasteiger partial charge in [0.05, 0.1) is 6.54 Å². The van der Waals surface area contributed by atoms with Crippen LogP contribution < -0.4 is 11.0 Å². The lowest BCUT2D eigenvalue weighted by Gasteiger charge is -2.04. The maximum atomic E-state index is 12.7. The molecule has 4 rings (SSSR count). The van der Waals surface area contributed by atoms with Crippen LogP contribution >= 0.6 is 0 Å². The Morgan fingerprint density at radius 2 is 1.96 bits per heavy atom. The highest BCUT2D eigenvalue weighted by molar-refractivity contribution is 5.94. The van der Waals surface area contributed by atoms with Crippen molar-refractivity contribution in [3.63, 3.8) is 0 Å². The monoisotopic (exact) mass is 349 g/mol. The molecule has 26 heavy (non-hydrogen) atoms. The van der Waals surface area contributed by atoms with E-state index in [1.807, 2.05) is 30.3 Å². The molecular weight excluding hydrogens is 330 g/mol. The Kier molecular flexibility index (Phi) is 4.35. The number of nitrogens with one attached hydrogen (secondary N) is 1. The fourth-order valence-electron chi connectivity index (χ4n) is 2.89. The molecule has 0 saturated heterocycles. The third-order valence-electron chi connectivity index (χ3n) is 4.35. The topological polar surface area (TPSA) is 81.8 Å². The second-order valence-corrected chi connectivity index (χ2v) is 6.29. The molecule has 0 spiro atoms. The Labute approximate surface area is 150 Å². The Morgan fingerprint density at radius 1 is 1.15 bits per heavy atom. The van der Waals surface area contributed by atoms with Gasteiger partial charge >= 0.3 is 5.69 Å². The van der Waals surface area contributed by atoms with Crippen LogP contribution in [0.25, 0.3) is 11.4 Å². The lowest BCUT2D eigenvalue weighted by atomic mass is 10.2. The maximum absolute atomic E-state index is 12.7. The van der Waals surface area contributed by atoms with Crippen molar-refractivity contribution in [3.8, 4) is 11.4 Å². The molecular formula is C19H19N5O2. The quantitative estimate of drug-likeness (QED) is 0.737. The largest absolute Gasteiger partial charge is 0.350 e. The van der Waals surface area contributed by atoms with E-state index in [1.54, 1.807) is 29.1 Å². The van der Waals surface area contributed by atoms with Crippen LogP contribution in [-0.4, -0.2) is 31.8 Å². The van der Waals surface area contributed by atoms with E-state index in [4.69, 9.17) is 0 Å². The van der Waals surface area contributed by atoms with Crippen LogP contribution in [0.2, 0.25) is 0 Å². The van der Waals surface area contributed by atoms with Gasteiger partial charge in [0.1, 0.15) is 0 Å². The number of pyridine rings is 1. The molecule has 0 radical (unpaired) electrons. The van der Waals surface area contributed by atoms with Gasteiger partial charge in [-0.1, -0.05) is 18.2 Å². The molecule has 1 saturated carbocycles. The molecule has 1 aliphatic rings. The summed E-state index contributed by atoms with van der Waals surface area (Å²) in [5.41, 5.74) is 1.28. The summed E-state index contributed by atoms with van der Waals surface area (Å²) in [5, 5.41) is 7.31. The van der Waals surface area contributed by atoms with Crippen LogP contribution in [0.15, 0.2) is 59.7 Å². The minimum absolute atomic E-state index is 0.139. The second kappa shape index (κ2) is 6.95. The van der Waals surface area contributed by atoms with Gasteiger partial charge in [0.15, 0.2) is 5.82 Å². The first-order chi connectivity index (χ1) is 12.7. The van der Waals surface area contributed by atoms with Crippen molar-refractivity contribution in [1.82, 2.24) is 24.6 Å². The van der Waals surface area contributed by atoms with Crippen LogP contribution in [0.5, 0.6) is 0 Å². The number of nitrogens with zero attached hydrogens (tertiary/aromatic N) is 4. The van der Waals surface area contributed by atoms with Crippen molar-refractivity contribution in [2.75, 3.05) is 6.54 Å².